The summed E-state index contributed by atoms with van der Waals surface area (Å²) in [5.41, 5.74) is 2.36. The van der Waals surface area contributed by atoms with Crippen LogP contribution in [0, 0.1) is 17.6 Å². The number of nitrogens with zero attached hydrogens (tertiary/aromatic N) is 1. The number of hydrogen-bond donors (Lipinski definition) is 3. The first-order valence-electron chi connectivity index (χ1n) is 13.6. The largest absolute Gasteiger partial charge is 0.508 e. The van der Waals surface area contributed by atoms with E-state index in [1.165, 1.54) is 60.7 Å². The normalized spacial score (nSPS) is 16.9. The van der Waals surface area contributed by atoms with Crippen molar-refractivity contribution in [2.24, 2.45) is 5.92 Å². The molecule has 0 unspecified atom stereocenters. The number of phenols is 1. The maximum Gasteiger partial charge on any atom is 0.417 e. The minimum atomic E-state index is -1.01. The Hall–Kier alpha value is -4.76. The van der Waals surface area contributed by atoms with Crippen LogP contribution in [0.15, 0.2) is 103 Å². The van der Waals surface area contributed by atoms with E-state index in [0.29, 0.717) is 16.8 Å². The van der Waals surface area contributed by atoms with Gasteiger partial charge in [-0.25, -0.2) is 18.5 Å². The molecule has 1 saturated heterocycles. The number of benzene rings is 4. The van der Waals surface area contributed by atoms with Gasteiger partial charge in [-0.05, 0) is 78.1 Å². The van der Waals surface area contributed by atoms with Crippen LogP contribution in [0.4, 0.5) is 19.3 Å². The van der Waals surface area contributed by atoms with E-state index < -0.39 is 47.7 Å². The molecule has 3 N–H and O–H groups in total. The fourth-order valence-corrected chi connectivity index (χ4v) is 5.21. The van der Waals surface area contributed by atoms with Gasteiger partial charge in [0.1, 0.15) is 30.0 Å². The number of phenolic OH excluding ortho intramolecular Hbond substituents is 1. The number of aliphatic hydroxyl groups excluding tert-OH is 1. The lowest BCUT2D eigenvalue weighted by atomic mass is 9.85. The highest BCUT2D eigenvalue weighted by atomic mass is 19.1. The molecular weight excluding hydrogens is 542 g/mol. The third kappa shape index (κ3) is 6.58. The van der Waals surface area contributed by atoms with Gasteiger partial charge in [0.05, 0.1) is 18.1 Å². The van der Waals surface area contributed by atoms with Gasteiger partial charge in [0.25, 0.3) is 0 Å². The van der Waals surface area contributed by atoms with Crippen LogP contribution in [-0.4, -0.2) is 33.7 Å². The van der Waals surface area contributed by atoms with Crippen molar-refractivity contribution in [3.63, 3.8) is 0 Å². The van der Waals surface area contributed by atoms with Crippen LogP contribution in [0.1, 0.15) is 47.7 Å². The van der Waals surface area contributed by atoms with Crippen molar-refractivity contribution >= 4 is 17.7 Å². The Balaban J connectivity index is 1.53. The fraction of sp³-hybridized carbons (Fsp3) is 0.212. The number of amides is 2. The van der Waals surface area contributed by atoms with Gasteiger partial charge in [-0.2, -0.15) is 0 Å². The number of carbonyl (C=O) groups is 2. The lowest BCUT2D eigenvalue weighted by molar-refractivity contribution is -0.134. The Kier molecular flexibility index (Phi) is 8.78. The van der Waals surface area contributed by atoms with Gasteiger partial charge >= 0.3 is 6.09 Å². The maximum absolute atomic E-state index is 14.4. The molecule has 1 aliphatic rings. The number of imide groups is 1. The van der Waals surface area contributed by atoms with Gasteiger partial charge in [-0.3, -0.25) is 4.79 Å². The Morgan fingerprint density at radius 1 is 0.857 bits per heavy atom. The van der Waals surface area contributed by atoms with E-state index in [1.54, 1.807) is 12.1 Å². The van der Waals surface area contributed by atoms with Crippen molar-refractivity contribution in [1.29, 1.82) is 0 Å². The molecule has 0 spiro atoms. The highest BCUT2D eigenvalue weighted by Crippen LogP contribution is 2.38. The van der Waals surface area contributed by atoms with E-state index in [4.69, 9.17) is 4.74 Å². The topological polar surface area (TPSA) is 99.1 Å². The standard InChI is InChI=1S/C33H30F2N2O5/c34-24-10-6-22(7-11-24)30(39)19-18-28(32(40)37-29(20-42-33(37)41)21-4-2-1-3-5-21)31(23-8-16-27(38)17-9-23)36-26-14-12-25(35)13-15-26/h1-17,28-31,36,38-39H,18-20H2/t28-,29-,30+,31-/m1/s1. The summed E-state index contributed by atoms with van der Waals surface area (Å²) in [7, 11) is 0. The second kappa shape index (κ2) is 12.8. The Morgan fingerprint density at radius 3 is 2.10 bits per heavy atom. The SMILES string of the molecule is O=C1OC[C@H](c2ccccc2)N1C(=O)[C@H](CC[C@H](O)c1ccc(F)cc1)[C@H](Nc1ccc(F)cc1)c1ccc(O)cc1. The van der Waals surface area contributed by atoms with Gasteiger partial charge < -0.3 is 20.3 Å². The highest BCUT2D eigenvalue weighted by molar-refractivity contribution is 5.95. The zero-order valence-corrected chi connectivity index (χ0v) is 22.6. The van der Waals surface area contributed by atoms with Crippen molar-refractivity contribution in [3.05, 3.63) is 131 Å². The molecule has 0 bridgehead atoms. The molecule has 4 aromatic rings. The van der Waals surface area contributed by atoms with Crippen LogP contribution in [0.25, 0.3) is 0 Å². The van der Waals surface area contributed by atoms with Gasteiger partial charge in [0.15, 0.2) is 0 Å². The maximum atomic E-state index is 14.4. The summed E-state index contributed by atoms with van der Waals surface area (Å²) in [6.07, 6.45) is -1.56. The number of aromatic hydroxyl groups is 1. The van der Waals surface area contributed by atoms with E-state index in [0.717, 1.165) is 10.5 Å². The molecule has 5 rings (SSSR count). The summed E-state index contributed by atoms with van der Waals surface area (Å²) >= 11 is 0. The van der Waals surface area contributed by atoms with Crippen LogP contribution in [0.2, 0.25) is 0 Å². The summed E-state index contributed by atoms with van der Waals surface area (Å²) in [4.78, 5) is 28.5. The van der Waals surface area contributed by atoms with Gasteiger partial charge in [-0.15, -0.1) is 0 Å². The molecule has 9 heteroatoms. The van der Waals surface area contributed by atoms with E-state index in [2.05, 4.69) is 5.32 Å². The second-order valence-corrected chi connectivity index (χ2v) is 10.2. The molecular formula is C33H30F2N2O5. The van der Waals surface area contributed by atoms with Gasteiger partial charge in [0.2, 0.25) is 5.91 Å². The summed E-state index contributed by atoms with van der Waals surface area (Å²) in [6, 6.07) is 25.1. The predicted molar refractivity (Wildman–Crippen MR) is 152 cm³/mol. The Labute approximate surface area is 242 Å². The molecule has 1 heterocycles. The molecule has 1 aliphatic heterocycles. The molecule has 0 saturated carbocycles. The molecule has 42 heavy (non-hydrogen) atoms. The first kappa shape index (κ1) is 28.8. The smallest absolute Gasteiger partial charge is 0.417 e. The number of ether oxygens (including phenoxy) is 1. The molecule has 4 aromatic carbocycles. The van der Waals surface area contributed by atoms with E-state index in [-0.39, 0.29) is 25.2 Å². The van der Waals surface area contributed by atoms with Crippen molar-refractivity contribution in [1.82, 2.24) is 4.90 Å². The summed E-state index contributed by atoms with van der Waals surface area (Å²) in [5, 5.41) is 24.2. The third-order valence-corrected chi connectivity index (χ3v) is 7.44. The molecule has 7 nitrogen and oxygen atoms in total. The number of anilines is 1. The number of cyclic esters (lactones) is 1. The van der Waals surface area contributed by atoms with Crippen LogP contribution < -0.4 is 5.32 Å². The number of aliphatic hydroxyl groups is 1. The fourth-order valence-electron chi connectivity index (χ4n) is 5.21. The Bertz CT molecular complexity index is 1500. The first-order chi connectivity index (χ1) is 20.3. The Morgan fingerprint density at radius 2 is 1.45 bits per heavy atom. The van der Waals surface area contributed by atoms with Gasteiger partial charge in [-0.1, -0.05) is 54.6 Å². The molecule has 1 fully saturated rings. The number of hydrogen-bond acceptors (Lipinski definition) is 6. The summed E-state index contributed by atoms with van der Waals surface area (Å²) in [6.45, 7) is -0.00518. The van der Waals surface area contributed by atoms with Crippen molar-refractivity contribution in [3.8, 4) is 5.75 Å². The third-order valence-electron chi connectivity index (χ3n) is 7.44. The number of halogens is 2. The van der Waals surface area contributed by atoms with Crippen LogP contribution in [0.5, 0.6) is 5.75 Å². The second-order valence-electron chi connectivity index (χ2n) is 10.2. The van der Waals surface area contributed by atoms with E-state index in [1.807, 2.05) is 30.3 Å². The van der Waals surface area contributed by atoms with Crippen LogP contribution >= 0.6 is 0 Å². The quantitative estimate of drug-likeness (QED) is 0.196. The minimum absolute atomic E-state index is 0.00518. The number of nitrogens with one attached hydrogen (secondary N) is 1. The lowest BCUT2D eigenvalue weighted by Crippen LogP contribution is -2.42. The van der Waals surface area contributed by atoms with Crippen molar-refractivity contribution < 1.29 is 33.3 Å². The molecule has 216 valence electrons. The van der Waals surface area contributed by atoms with E-state index >= 15 is 0 Å². The molecule has 0 aliphatic carbocycles. The number of rotatable bonds is 10. The van der Waals surface area contributed by atoms with Crippen LogP contribution in [0.3, 0.4) is 0 Å². The highest BCUT2D eigenvalue weighted by Gasteiger charge is 2.44. The molecule has 0 radical (unpaired) electrons. The number of carbonyl (C=O) groups excluding carboxylic acids is 2. The monoisotopic (exact) mass is 572 g/mol. The average Bonchev–Trinajstić information content (AvgIpc) is 3.40. The summed E-state index contributed by atoms with van der Waals surface area (Å²) in [5.74, 6) is -2.28. The van der Waals surface area contributed by atoms with Crippen molar-refractivity contribution in [2.45, 2.75) is 31.0 Å². The zero-order chi connectivity index (χ0) is 29.6. The summed E-state index contributed by atoms with van der Waals surface area (Å²) < 4.78 is 32.5. The van der Waals surface area contributed by atoms with E-state index in [9.17, 15) is 28.6 Å². The first-order valence-corrected chi connectivity index (χ1v) is 13.6. The molecule has 0 aromatic heterocycles. The predicted octanol–water partition coefficient (Wildman–Crippen LogP) is 6.67. The lowest BCUT2D eigenvalue weighted by Gasteiger charge is -2.32. The molecule has 4 atom stereocenters. The minimum Gasteiger partial charge on any atom is -0.508 e. The molecule has 2 amide bonds. The van der Waals surface area contributed by atoms with Gasteiger partial charge in [0, 0.05) is 5.69 Å². The average molecular weight is 573 g/mol. The zero-order valence-electron chi connectivity index (χ0n) is 22.6. The van der Waals surface area contributed by atoms with Crippen molar-refractivity contribution in [2.75, 3.05) is 11.9 Å². The van der Waals surface area contributed by atoms with Crippen LogP contribution in [-0.2, 0) is 9.53 Å².